The molecule has 96 valence electrons. The van der Waals surface area contributed by atoms with E-state index in [4.69, 9.17) is 21.4 Å². The molecule has 0 radical (unpaired) electrons. The van der Waals surface area contributed by atoms with Crippen LogP contribution in [0.4, 0.5) is 0 Å². The van der Waals surface area contributed by atoms with Crippen molar-refractivity contribution in [1.29, 1.82) is 0 Å². The van der Waals surface area contributed by atoms with Gasteiger partial charge in [-0.2, -0.15) is 0 Å². The van der Waals surface area contributed by atoms with E-state index in [1.807, 2.05) is 4.57 Å². The molecule has 3 heterocycles. The zero-order chi connectivity index (χ0) is 12.7. The number of rotatable bonds is 4. The quantitative estimate of drug-likeness (QED) is 0.876. The Morgan fingerprint density at radius 2 is 2.50 bits per heavy atom. The summed E-state index contributed by atoms with van der Waals surface area (Å²) in [4.78, 5) is 16.3. The second-order valence-electron chi connectivity index (χ2n) is 4.16. The van der Waals surface area contributed by atoms with Crippen LogP contribution in [0.2, 0.25) is 0 Å². The van der Waals surface area contributed by atoms with Crippen LogP contribution in [0.1, 0.15) is 21.9 Å². The minimum absolute atomic E-state index is 0.192. The molecule has 5 nitrogen and oxygen atoms in total. The number of alkyl halides is 1. The van der Waals surface area contributed by atoms with Crippen LogP contribution in [0, 0.1) is 0 Å². The van der Waals surface area contributed by atoms with Gasteiger partial charge < -0.3 is 14.4 Å². The number of aromatic nitrogens is 2. The molecule has 0 aromatic carbocycles. The number of thiophene rings is 1. The first-order valence-corrected chi connectivity index (χ1v) is 6.94. The van der Waals surface area contributed by atoms with Crippen LogP contribution in [0.3, 0.4) is 0 Å². The molecule has 1 saturated heterocycles. The van der Waals surface area contributed by atoms with E-state index in [-0.39, 0.29) is 6.10 Å². The fourth-order valence-electron chi connectivity index (χ4n) is 2.01. The molecule has 0 unspecified atom stereocenters. The zero-order valence-corrected chi connectivity index (χ0v) is 11.0. The van der Waals surface area contributed by atoms with Gasteiger partial charge in [-0.05, 0) is 12.5 Å². The number of aromatic carboxylic acids is 1. The first kappa shape index (κ1) is 12.0. The summed E-state index contributed by atoms with van der Waals surface area (Å²) in [6.07, 6.45) is 1.22. The van der Waals surface area contributed by atoms with E-state index < -0.39 is 5.97 Å². The van der Waals surface area contributed by atoms with Gasteiger partial charge in [0.1, 0.15) is 15.5 Å². The van der Waals surface area contributed by atoms with E-state index in [1.54, 1.807) is 6.07 Å². The van der Waals surface area contributed by atoms with Gasteiger partial charge in [-0.15, -0.1) is 22.9 Å². The van der Waals surface area contributed by atoms with Gasteiger partial charge in [-0.3, -0.25) is 0 Å². The Balaban J connectivity index is 2.03. The van der Waals surface area contributed by atoms with Crippen molar-refractivity contribution in [3.63, 3.8) is 0 Å². The molecule has 2 aromatic heterocycles. The smallest absolute Gasteiger partial charge is 0.346 e. The number of carbonyl (C=O) groups is 1. The maximum absolute atomic E-state index is 10.9. The van der Waals surface area contributed by atoms with Gasteiger partial charge in [-0.1, -0.05) is 0 Å². The van der Waals surface area contributed by atoms with E-state index in [2.05, 4.69) is 4.98 Å². The average Bonchev–Trinajstić information content (AvgIpc) is 2.80. The Kier molecular flexibility index (Phi) is 3.01. The van der Waals surface area contributed by atoms with Gasteiger partial charge in [0.25, 0.3) is 0 Å². The third-order valence-electron chi connectivity index (χ3n) is 3.04. The van der Waals surface area contributed by atoms with E-state index in [0.29, 0.717) is 17.3 Å². The number of hydrogen-bond donors (Lipinski definition) is 1. The lowest BCUT2D eigenvalue weighted by Gasteiger charge is -2.27. The van der Waals surface area contributed by atoms with Crippen LogP contribution in [-0.4, -0.2) is 33.3 Å². The summed E-state index contributed by atoms with van der Waals surface area (Å²) in [5, 5.41) is 8.98. The van der Waals surface area contributed by atoms with Gasteiger partial charge in [0.05, 0.1) is 24.0 Å². The molecule has 7 heteroatoms. The lowest BCUT2D eigenvalue weighted by molar-refractivity contribution is -0.0589. The molecule has 1 fully saturated rings. The highest BCUT2D eigenvalue weighted by Gasteiger charge is 2.23. The summed E-state index contributed by atoms with van der Waals surface area (Å²) in [6.45, 7) is 1.48. The molecule has 2 aromatic rings. The summed E-state index contributed by atoms with van der Waals surface area (Å²) in [5.74, 6) is 0.165. The predicted molar refractivity (Wildman–Crippen MR) is 68.5 cm³/mol. The minimum atomic E-state index is -0.920. The van der Waals surface area contributed by atoms with E-state index >= 15 is 0 Å². The molecule has 0 amide bonds. The molecule has 18 heavy (non-hydrogen) atoms. The predicted octanol–water partition coefficient (Wildman–Crippen LogP) is 2.32. The molecule has 1 aliphatic heterocycles. The number of ether oxygens (including phenoxy) is 1. The van der Waals surface area contributed by atoms with E-state index in [0.717, 1.165) is 29.2 Å². The fraction of sp³-hybridized carbons (Fsp3) is 0.455. The van der Waals surface area contributed by atoms with Crippen molar-refractivity contribution in [3.05, 3.63) is 16.8 Å². The average molecular weight is 287 g/mol. The molecule has 0 spiro atoms. The lowest BCUT2D eigenvalue weighted by Crippen LogP contribution is -2.31. The van der Waals surface area contributed by atoms with Crippen molar-refractivity contribution in [1.82, 2.24) is 9.55 Å². The summed E-state index contributed by atoms with van der Waals surface area (Å²) >= 11 is 7.05. The second-order valence-corrected chi connectivity index (χ2v) is 5.46. The number of carboxylic acid groups (broad SMARTS) is 1. The molecular formula is C11H11ClN2O3S. The standard InChI is InChI=1S/C11H11ClN2O3S/c12-4-9-13-10-7(3-8(18-10)11(15)16)14(9)5-6-1-2-17-6/h3,6H,1-2,4-5H2,(H,15,16)/t6-/m0/s1. The van der Waals surface area contributed by atoms with Crippen molar-refractivity contribution in [2.75, 3.05) is 6.61 Å². The van der Waals surface area contributed by atoms with Crippen molar-refractivity contribution in [3.8, 4) is 0 Å². The van der Waals surface area contributed by atoms with Crippen molar-refractivity contribution >= 4 is 39.3 Å². The largest absolute Gasteiger partial charge is 0.477 e. The highest BCUT2D eigenvalue weighted by atomic mass is 35.5. The van der Waals surface area contributed by atoms with Gasteiger partial charge in [0, 0.05) is 6.61 Å². The Bertz CT molecular complexity index is 603. The van der Waals surface area contributed by atoms with Gasteiger partial charge in [0.15, 0.2) is 0 Å². The maximum atomic E-state index is 10.9. The van der Waals surface area contributed by atoms with E-state index in [1.165, 1.54) is 11.3 Å². The Hall–Kier alpha value is -1.11. The highest BCUT2D eigenvalue weighted by Crippen LogP contribution is 2.28. The summed E-state index contributed by atoms with van der Waals surface area (Å²) in [5.41, 5.74) is 0.837. The van der Waals surface area contributed by atoms with Crippen LogP contribution >= 0.6 is 22.9 Å². The van der Waals surface area contributed by atoms with Gasteiger partial charge >= 0.3 is 5.97 Å². The molecule has 0 bridgehead atoms. The Morgan fingerprint density at radius 3 is 3.06 bits per heavy atom. The summed E-state index contributed by atoms with van der Waals surface area (Å²) < 4.78 is 7.37. The van der Waals surface area contributed by atoms with Crippen LogP contribution in [0.15, 0.2) is 6.07 Å². The van der Waals surface area contributed by atoms with Crippen molar-refractivity contribution in [2.45, 2.75) is 24.9 Å². The molecule has 0 saturated carbocycles. The molecule has 0 aliphatic carbocycles. The third kappa shape index (κ3) is 1.90. The normalized spacial score (nSPS) is 19.1. The summed E-state index contributed by atoms with van der Waals surface area (Å²) in [6, 6.07) is 1.66. The lowest BCUT2D eigenvalue weighted by atomic mass is 10.2. The van der Waals surface area contributed by atoms with E-state index in [9.17, 15) is 4.79 Å². The highest BCUT2D eigenvalue weighted by molar-refractivity contribution is 7.20. The monoisotopic (exact) mass is 286 g/mol. The topological polar surface area (TPSA) is 64.3 Å². The minimum Gasteiger partial charge on any atom is -0.477 e. The fourth-order valence-corrected chi connectivity index (χ4v) is 3.10. The first-order chi connectivity index (χ1) is 8.69. The Morgan fingerprint density at radius 1 is 1.72 bits per heavy atom. The molecule has 1 aliphatic rings. The second kappa shape index (κ2) is 4.53. The number of imidazole rings is 1. The van der Waals surface area contributed by atoms with Gasteiger partial charge in [-0.25, -0.2) is 9.78 Å². The number of halogens is 1. The molecular weight excluding hydrogens is 276 g/mol. The Labute approximate surface area is 112 Å². The number of hydrogen-bond acceptors (Lipinski definition) is 4. The third-order valence-corrected chi connectivity index (χ3v) is 4.28. The SMILES string of the molecule is O=C(O)c1cc2c(nc(CCl)n2C[C@@H]2CCO2)s1. The zero-order valence-electron chi connectivity index (χ0n) is 9.43. The van der Waals surface area contributed by atoms with Crippen LogP contribution in [0.5, 0.6) is 0 Å². The maximum Gasteiger partial charge on any atom is 0.346 e. The number of fused-ring (bicyclic) bond motifs is 1. The molecule has 1 N–H and O–H groups in total. The van der Waals surface area contributed by atoms with Crippen molar-refractivity contribution < 1.29 is 14.6 Å². The number of carboxylic acids is 1. The first-order valence-electron chi connectivity index (χ1n) is 5.59. The van der Waals surface area contributed by atoms with Crippen LogP contribution in [0.25, 0.3) is 10.3 Å². The van der Waals surface area contributed by atoms with Crippen LogP contribution < -0.4 is 0 Å². The molecule has 1 atom stereocenters. The number of nitrogens with zero attached hydrogens (tertiary/aromatic N) is 2. The van der Waals surface area contributed by atoms with Gasteiger partial charge in [0.2, 0.25) is 0 Å². The molecule has 3 rings (SSSR count). The summed E-state index contributed by atoms with van der Waals surface area (Å²) in [7, 11) is 0. The van der Waals surface area contributed by atoms with Crippen molar-refractivity contribution in [2.24, 2.45) is 0 Å². The van der Waals surface area contributed by atoms with Crippen LogP contribution in [-0.2, 0) is 17.2 Å².